The van der Waals surface area contributed by atoms with Crippen LogP contribution in [0.25, 0.3) is 0 Å². The highest BCUT2D eigenvalue weighted by atomic mass is 16.7. The van der Waals surface area contributed by atoms with Crippen LogP contribution in [-0.4, -0.2) is 5.79 Å². The van der Waals surface area contributed by atoms with Crippen molar-refractivity contribution in [3.8, 4) is 5.75 Å². The molecule has 3 rings (SSSR count). The van der Waals surface area contributed by atoms with Gasteiger partial charge in [0.15, 0.2) is 0 Å². The maximum Gasteiger partial charge on any atom is 0.211 e. The molecule has 1 aromatic rings. The predicted octanol–water partition coefficient (Wildman–Crippen LogP) is 4.84. The topological polar surface area (TPSA) is 18.5 Å². The molecule has 0 amide bonds. The van der Waals surface area contributed by atoms with E-state index in [-0.39, 0.29) is 10.8 Å². The molecule has 0 unspecified atom stereocenters. The Morgan fingerprint density at radius 2 is 1.60 bits per heavy atom. The van der Waals surface area contributed by atoms with Gasteiger partial charge >= 0.3 is 0 Å². The van der Waals surface area contributed by atoms with Gasteiger partial charge in [0.1, 0.15) is 5.75 Å². The van der Waals surface area contributed by atoms with Gasteiger partial charge in [0.25, 0.3) is 0 Å². The average molecular weight is 274 g/mol. The molecule has 110 valence electrons. The fourth-order valence-electron chi connectivity index (χ4n) is 4.48. The van der Waals surface area contributed by atoms with E-state index in [1.165, 1.54) is 17.5 Å². The molecule has 2 aliphatic rings. The summed E-state index contributed by atoms with van der Waals surface area (Å²) in [6.45, 7) is 12.1. The van der Waals surface area contributed by atoms with E-state index in [2.05, 4.69) is 52.8 Å². The van der Waals surface area contributed by atoms with Crippen LogP contribution in [0.1, 0.15) is 58.1 Å². The molecule has 1 heterocycles. The van der Waals surface area contributed by atoms with E-state index >= 15 is 0 Å². The molecule has 1 aliphatic carbocycles. The molecule has 1 spiro atoms. The van der Waals surface area contributed by atoms with Crippen LogP contribution in [0.5, 0.6) is 5.75 Å². The fraction of sp³-hybridized carbons (Fsp3) is 0.667. The molecule has 20 heavy (non-hydrogen) atoms. The van der Waals surface area contributed by atoms with Crippen molar-refractivity contribution in [1.82, 2.24) is 0 Å². The van der Waals surface area contributed by atoms with Gasteiger partial charge in [-0.15, -0.1) is 0 Å². The van der Waals surface area contributed by atoms with Gasteiger partial charge in [-0.05, 0) is 30.2 Å². The zero-order valence-corrected chi connectivity index (χ0v) is 13.4. The first-order valence-electron chi connectivity index (χ1n) is 7.61. The summed E-state index contributed by atoms with van der Waals surface area (Å²) in [6, 6.07) is 6.39. The quantitative estimate of drug-likeness (QED) is 0.674. The average Bonchev–Trinajstić information content (AvgIpc) is 2.25. The van der Waals surface area contributed by atoms with E-state index in [1.807, 2.05) is 0 Å². The van der Waals surface area contributed by atoms with Crippen LogP contribution in [0.2, 0.25) is 0 Å². The van der Waals surface area contributed by atoms with Gasteiger partial charge in [-0.1, -0.05) is 45.4 Å². The molecule has 0 N–H and O–H groups in total. The highest BCUT2D eigenvalue weighted by Crippen LogP contribution is 2.53. The number of benzene rings is 1. The molecule has 2 heteroatoms. The molecular weight excluding hydrogens is 248 g/mol. The number of hydrogen-bond acceptors (Lipinski definition) is 2. The molecule has 0 atom stereocenters. The Balaban J connectivity index is 1.93. The van der Waals surface area contributed by atoms with Crippen molar-refractivity contribution >= 4 is 0 Å². The van der Waals surface area contributed by atoms with Crippen molar-refractivity contribution in [3.63, 3.8) is 0 Å². The third kappa shape index (κ3) is 2.58. The first-order valence-corrected chi connectivity index (χ1v) is 7.61. The Morgan fingerprint density at radius 3 is 2.25 bits per heavy atom. The van der Waals surface area contributed by atoms with Gasteiger partial charge < -0.3 is 9.47 Å². The third-order valence-corrected chi connectivity index (χ3v) is 4.46. The smallest absolute Gasteiger partial charge is 0.211 e. The van der Waals surface area contributed by atoms with Gasteiger partial charge in [-0.3, -0.25) is 0 Å². The van der Waals surface area contributed by atoms with Gasteiger partial charge in [-0.25, -0.2) is 0 Å². The normalized spacial score (nSPS) is 25.9. The first-order chi connectivity index (χ1) is 9.19. The zero-order chi connectivity index (χ0) is 14.6. The highest BCUT2D eigenvalue weighted by Gasteiger charge is 2.51. The van der Waals surface area contributed by atoms with Crippen LogP contribution < -0.4 is 4.74 Å². The standard InChI is InChI=1S/C18H26O2/c1-13-6-7-15-14(8-13)9-19-18(20-15)11-16(2,3)10-17(4,5)12-18/h6-8H,9-12H2,1-5H3. The SMILES string of the molecule is Cc1ccc2c(c1)COC1(CC(C)(C)CC(C)(C)C1)O2. The number of rotatable bonds is 0. The number of aryl methyl sites for hydroxylation is 1. The molecule has 1 saturated carbocycles. The molecule has 2 nitrogen and oxygen atoms in total. The summed E-state index contributed by atoms with van der Waals surface area (Å²) in [4.78, 5) is 0. The van der Waals surface area contributed by atoms with Crippen molar-refractivity contribution in [2.24, 2.45) is 10.8 Å². The third-order valence-electron chi connectivity index (χ3n) is 4.46. The fourth-order valence-corrected chi connectivity index (χ4v) is 4.48. The lowest BCUT2D eigenvalue weighted by Crippen LogP contribution is -2.52. The summed E-state index contributed by atoms with van der Waals surface area (Å²) >= 11 is 0. The summed E-state index contributed by atoms with van der Waals surface area (Å²) in [5.74, 6) is 0.573. The van der Waals surface area contributed by atoms with Crippen molar-refractivity contribution in [2.45, 2.75) is 66.3 Å². The van der Waals surface area contributed by atoms with E-state index in [4.69, 9.17) is 9.47 Å². The van der Waals surface area contributed by atoms with Gasteiger partial charge in [0, 0.05) is 18.4 Å². The summed E-state index contributed by atoms with van der Waals surface area (Å²) in [6.07, 6.45) is 3.16. The predicted molar refractivity (Wildman–Crippen MR) is 80.7 cm³/mol. The van der Waals surface area contributed by atoms with Crippen molar-refractivity contribution in [2.75, 3.05) is 0 Å². The van der Waals surface area contributed by atoms with Crippen LogP contribution in [0.4, 0.5) is 0 Å². The van der Waals surface area contributed by atoms with Crippen LogP contribution in [0.15, 0.2) is 18.2 Å². The second-order valence-corrected chi connectivity index (χ2v) is 8.27. The molecular formula is C18H26O2. The Kier molecular flexibility index (Phi) is 2.95. The van der Waals surface area contributed by atoms with Gasteiger partial charge in [-0.2, -0.15) is 0 Å². The molecule has 0 aromatic heterocycles. The lowest BCUT2D eigenvalue weighted by Gasteiger charge is -2.52. The number of hydrogen-bond donors (Lipinski definition) is 0. The maximum absolute atomic E-state index is 6.36. The zero-order valence-electron chi connectivity index (χ0n) is 13.4. The van der Waals surface area contributed by atoms with E-state index in [1.54, 1.807) is 0 Å². The summed E-state index contributed by atoms with van der Waals surface area (Å²) < 4.78 is 12.6. The van der Waals surface area contributed by atoms with Crippen LogP contribution in [0.3, 0.4) is 0 Å². The van der Waals surface area contributed by atoms with Crippen LogP contribution in [-0.2, 0) is 11.3 Å². The summed E-state index contributed by atoms with van der Waals surface area (Å²) in [7, 11) is 0. The summed E-state index contributed by atoms with van der Waals surface area (Å²) in [5.41, 5.74) is 2.95. The largest absolute Gasteiger partial charge is 0.462 e. The van der Waals surface area contributed by atoms with E-state index in [0.29, 0.717) is 6.61 Å². The molecule has 0 saturated heterocycles. The van der Waals surface area contributed by atoms with E-state index in [0.717, 1.165) is 18.6 Å². The second-order valence-electron chi connectivity index (χ2n) is 8.27. The van der Waals surface area contributed by atoms with Crippen LogP contribution in [0, 0.1) is 17.8 Å². The highest BCUT2D eigenvalue weighted by molar-refractivity contribution is 5.38. The Hall–Kier alpha value is -1.02. The summed E-state index contributed by atoms with van der Waals surface area (Å²) in [5, 5.41) is 0. The van der Waals surface area contributed by atoms with E-state index in [9.17, 15) is 0 Å². The molecule has 1 fully saturated rings. The maximum atomic E-state index is 6.36. The lowest BCUT2D eigenvalue weighted by molar-refractivity contribution is -0.257. The van der Waals surface area contributed by atoms with Gasteiger partial charge in [0.2, 0.25) is 5.79 Å². The van der Waals surface area contributed by atoms with Crippen molar-refractivity contribution in [3.05, 3.63) is 29.3 Å². The van der Waals surface area contributed by atoms with E-state index < -0.39 is 5.79 Å². The number of ether oxygens (including phenoxy) is 2. The minimum atomic E-state index is -0.437. The Bertz CT molecular complexity index is 512. The Labute approximate surface area is 122 Å². The lowest BCUT2D eigenvalue weighted by atomic mass is 9.63. The molecule has 1 aromatic carbocycles. The Morgan fingerprint density at radius 1 is 0.950 bits per heavy atom. The molecule has 0 bridgehead atoms. The second kappa shape index (κ2) is 4.24. The number of fused-ring (bicyclic) bond motifs is 1. The minimum Gasteiger partial charge on any atom is -0.462 e. The van der Waals surface area contributed by atoms with Crippen LogP contribution >= 0.6 is 0 Å². The minimum absolute atomic E-state index is 0.254. The first kappa shape index (κ1) is 13.9. The van der Waals surface area contributed by atoms with Crippen molar-refractivity contribution in [1.29, 1.82) is 0 Å². The van der Waals surface area contributed by atoms with Crippen molar-refractivity contribution < 1.29 is 9.47 Å². The molecule has 1 aliphatic heterocycles. The van der Waals surface area contributed by atoms with Gasteiger partial charge in [0.05, 0.1) is 6.61 Å². The molecule has 0 radical (unpaired) electrons. The monoisotopic (exact) mass is 274 g/mol.